The van der Waals surface area contributed by atoms with Gasteiger partial charge in [-0.1, -0.05) is 23.7 Å². The Morgan fingerprint density at radius 3 is 2.86 bits per heavy atom. The third kappa shape index (κ3) is 3.56. The fourth-order valence-electron chi connectivity index (χ4n) is 4.13. The van der Waals surface area contributed by atoms with Crippen LogP contribution in [0.15, 0.2) is 28.2 Å². The van der Waals surface area contributed by atoms with E-state index in [1.54, 1.807) is 12.1 Å². The smallest absolute Gasteiger partial charge is 0.176 e. The van der Waals surface area contributed by atoms with Gasteiger partial charge in [0.25, 0.3) is 0 Å². The van der Waals surface area contributed by atoms with Gasteiger partial charge < -0.3 is 15.4 Å². The minimum Gasteiger partial charge on any atom is -0.379 e. The molecule has 4 rings (SSSR count). The Balaban J connectivity index is 1.56. The van der Waals surface area contributed by atoms with Gasteiger partial charge in [-0.2, -0.15) is 5.10 Å². The summed E-state index contributed by atoms with van der Waals surface area (Å²) < 4.78 is 19.4. The van der Waals surface area contributed by atoms with E-state index in [9.17, 15) is 4.39 Å². The number of nitrogens with one attached hydrogen (secondary N) is 1. The quantitative estimate of drug-likeness (QED) is 0.587. The van der Waals surface area contributed by atoms with Crippen LogP contribution in [0.2, 0.25) is 5.02 Å². The van der Waals surface area contributed by atoms with Crippen molar-refractivity contribution in [1.82, 2.24) is 15.1 Å². The second-order valence-corrected chi connectivity index (χ2v) is 8.04. The van der Waals surface area contributed by atoms with E-state index in [-0.39, 0.29) is 16.5 Å². The molecule has 0 radical (unpaired) electrons. The van der Waals surface area contributed by atoms with Gasteiger partial charge >= 0.3 is 0 Å². The standard InChI is InChI=1S/C20H24ClFN6O/c1-12(28-8-6-20(7-9-28)11-29-10-15(20)23)25-19-18(24-2)17(26-27-19)13-4-3-5-14(22)16(13)21/h3-5,15H,2,6-11,23H2,1H3,(H,26,27)/b25-12+/t15-/m1/s1. The molecule has 0 aliphatic carbocycles. The first-order valence-corrected chi connectivity index (χ1v) is 9.96. The van der Waals surface area contributed by atoms with Crippen LogP contribution in [0, 0.1) is 11.2 Å². The van der Waals surface area contributed by atoms with Crippen LogP contribution in [-0.2, 0) is 4.74 Å². The average molecular weight is 419 g/mol. The van der Waals surface area contributed by atoms with Crippen molar-refractivity contribution in [3.8, 4) is 11.3 Å². The lowest BCUT2D eigenvalue weighted by Crippen LogP contribution is -2.50. The Morgan fingerprint density at radius 2 is 2.21 bits per heavy atom. The Hall–Kier alpha value is -2.29. The third-order valence-corrected chi connectivity index (χ3v) is 6.44. The molecule has 0 amide bonds. The summed E-state index contributed by atoms with van der Waals surface area (Å²) in [5, 5.41) is 7.13. The zero-order valence-corrected chi connectivity index (χ0v) is 17.0. The summed E-state index contributed by atoms with van der Waals surface area (Å²) in [7, 11) is 0. The molecule has 3 heterocycles. The number of aromatic nitrogens is 2. The number of hydrogen-bond donors (Lipinski definition) is 2. The summed E-state index contributed by atoms with van der Waals surface area (Å²) in [6, 6.07) is 4.67. The lowest BCUT2D eigenvalue weighted by Gasteiger charge is -2.41. The van der Waals surface area contributed by atoms with E-state index in [2.05, 4.69) is 31.8 Å². The number of hydrogen-bond acceptors (Lipinski definition) is 5. The van der Waals surface area contributed by atoms with E-state index in [1.807, 2.05) is 6.92 Å². The van der Waals surface area contributed by atoms with Crippen molar-refractivity contribution in [2.75, 3.05) is 26.3 Å². The van der Waals surface area contributed by atoms with E-state index in [1.165, 1.54) is 6.07 Å². The minimum absolute atomic E-state index is 0.00685. The molecule has 1 atom stereocenters. The molecule has 0 bridgehead atoms. The van der Waals surface area contributed by atoms with Crippen LogP contribution >= 0.6 is 11.6 Å². The molecule has 7 nitrogen and oxygen atoms in total. The second kappa shape index (κ2) is 7.85. The van der Waals surface area contributed by atoms with Crippen molar-refractivity contribution >= 4 is 35.7 Å². The fourth-order valence-corrected chi connectivity index (χ4v) is 4.34. The van der Waals surface area contributed by atoms with Crippen molar-refractivity contribution in [3.63, 3.8) is 0 Å². The molecule has 2 fully saturated rings. The van der Waals surface area contributed by atoms with Crippen LogP contribution in [0.3, 0.4) is 0 Å². The SMILES string of the molecule is C=Nc1c(-c2cccc(F)c2Cl)n[nH]c1/N=C(\C)N1CCC2(CC1)COC[C@H]2N. The number of piperidine rings is 1. The number of rotatable bonds is 3. The van der Waals surface area contributed by atoms with Gasteiger partial charge in [-0.15, -0.1) is 0 Å². The number of likely N-dealkylation sites (tertiary alicyclic amines) is 1. The summed E-state index contributed by atoms with van der Waals surface area (Å²) in [4.78, 5) is 11.0. The first kappa shape index (κ1) is 20.0. The molecule has 0 unspecified atom stereocenters. The molecule has 2 saturated heterocycles. The summed E-state index contributed by atoms with van der Waals surface area (Å²) in [5.74, 6) is 0.798. The number of nitrogens with two attached hydrogens (primary N) is 1. The zero-order valence-electron chi connectivity index (χ0n) is 16.3. The highest BCUT2D eigenvalue weighted by Crippen LogP contribution is 2.41. The molecule has 1 spiro atoms. The number of aliphatic imine (C=N–C) groups is 2. The molecular weight excluding hydrogens is 395 g/mol. The maximum absolute atomic E-state index is 13.8. The molecule has 9 heteroatoms. The first-order chi connectivity index (χ1) is 13.9. The van der Waals surface area contributed by atoms with Gasteiger partial charge in [0, 0.05) is 30.1 Å². The minimum atomic E-state index is -0.514. The van der Waals surface area contributed by atoms with Crippen molar-refractivity contribution in [3.05, 3.63) is 29.0 Å². The van der Waals surface area contributed by atoms with Crippen molar-refractivity contribution in [2.45, 2.75) is 25.8 Å². The van der Waals surface area contributed by atoms with Crippen LogP contribution in [0.25, 0.3) is 11.3 Å². The second-order valence-electron chi connectivity index (χ2n) is 7.66. The van der Waals surface area contributed by atoms with Gasteiger partial charge in [0.1, 0.15) is 23.0 Å². The molecule has 2 aliphatic rings. The van der Waals surface area contributed by atoms with Crippen LogP contribution in [0.1, 0.15) is 19.8 Å². The van der Waals surface area contributed by atoms with Gasteiger partial charge in [-0.3, -0.25) is 10.1 Å². The predicted octanol–water partition coefficient (Wildman–Crippen LogP) is 3.69. The highest BCUT2D eigenvalue weighted by atomic mass is 35.5. The molecule has 2 aliphatic heterocycles. The normalized spacial score (nSPS) is 21.7. The molecule has 3 N–H and O–H groups in total. The van der Waals surface area contributed by atoms with E-state index in [4.69, 9.17) is 22.1 Å². The monoisotopic (exact) mass is 418 g/mol. The maximum atomic E-state index is 13.8. The molecule has 29 heavy (non-hydrogen) atoms. The van der Waals surface area contributed by atoms with E-state index in [0.29, 0.717) is 29.4 Å². The molecular formula is C20H24ClFN6O. The van der Waals surface area contributed by atoms with Gasteiger partial charge in [0.2, 0.25) is 0 Å². The van der Waals surface area contributed by atoms with Gasteiger partial charge in [-0.25, -0.2) is 9.38 Å². The number of aromatic amines is 1. The van der Waals surface area contributed by atoms with E-state index >= 15 is 0 Å². The van der Waals surface area contributed by atoms with Gasteiger partial charge in [0.05, 0.1) is 18.2 Å². The average Bonchev–Trinajstić information content (AvgIpc) is 3.28. The Kier molecular flexibility index (Phi) is 5.42. The zero-order chi connectivity index (χ0) is 20.6. The summed E-state index contributed by atoms with van der Waals surface area (Å²) in [5.41, 5.74) is 7.65. The number of nitrogens with zero attached hydrogens (tertiary/aromatic N) is 4. The van der Waals surface area contributed by atoms with Crippen LogP contribution in [0.4, 0.5) is 15.9 Å². The van der Waals surface area contributed by atoms with Gasteiger partial charge in [0.15, 0.2) is 5.82 Å². The van der Waals surface area contributed by atoms with Gasteiger partial charge in [-0.05, 0) is 32.5 Å². The molecule has 2 aromatic rings. The Bertz CT molecular complexity index is 950. The molecule has 0 saturated carbocycles. The number of amidine groups is 1. The van der Waals surface area contributed by atoms with Crippen LogP contribution in [-0.4, -0.2) is 60.0 Å². The first-order valence-electron chi connectivity index (χ1n) is 9.58. The molecule has 154 valence electrons. The number of H-pyrrole nitrogens is 1. The molecule has 1 aromatic heterocycles. The van der Waals surface area contributed by atoms with Crippen molar-refractivity contribution < 1.29 is 9.13 Å². The highest BCUT2D eigenvalue weighted by molar-refractivity contribution is 6.33. The Labute approximate surface area is 173 Å². The number of ether oxygens (including phenoxy) is 1. The van der Waals surface area contributed by atoms with Crippen LogP contribution in [0.5, 0.6) is 0 Å². The largest absolute Gasteiger partial charge is 0.379 e. The Morgan fingerprint density at radius 1 is 1.45 bits per heavy atom. The molecule has 1 aromatic carbocycles. The van der Waals surface area contributed by atoms with Crippen molar-refractivity contribution in [2.24, 2.45) is 21.1 Å². The van der Waals surface area contributed by atoms with Crippen molar-refractivity contribution in [1.29, 1.82) is 0 Å². The number of benzene rings is 1. The van der Waals surface area contributed by atoms with E-state index in [0.717, 1.165) is 38.4 Å². The lowest BCUT2D eigenvalue weighted by molar-refractivity contribution is 0.101. The summed E-state index contributed by atoms with van der Waals surface area (Å²) >= 11 is 6.11. The summed E-state index contributed by atoms with van der Waals surface area (Å²) in [6.45, 7) is 8.67. The maximum Gasteiger partial charge on any atom is 0.176 e. The fraction of sp³-hybridized carbons (Fsp3) is 0.450. The predicted molar refractivity (Wildman–Crippen MR) is 113 cm³/mol. The highest BCUT2D eigenvalue weighted by Gasteiger charge is 2.44. The van der Waals surface area contributed by atoms with E-state index < -0.39 is 5.82 Å². The third-order valence-electron chi connectivity index (χ3n) is 6.05. The topological polar surface area (TPSA) is 91.9 Å². The number of halogens is 2. The summed E-state index contributed by atoms with van der Waals surface area (Å²) in [6.07, 6.45) is 1.95. The lowest BCUT2D eigenvalue weighted by atomic mass is 9.75. The van der Waals surface area contributed by atoms with Crippen LogP contribution < -0.4 is 5.73 Å².